The van der Waals surface area contributed by atoms with Gasteiger partial charge in [0.05, 0.1) is 12.8 Å². The second-order valence-electron chi connectivity index (χ2n) is 5.62. The van der Waals surface area contributed by atoms with E-state index in [0.29, 0.717) is 12.3 Å². The summed E-state index contributed by atoms with van der Waals surface area (Å²) in [5.41, 5.74) is 1.83. The average molecular weight is 314 g/mol. The topological polar surface area (TPSA) is 82.8 Å². The molecule has 6 heteroatoms. The van der Waals surface area contributed by atoms with Crippen LogP contribution in [0.2, 0.25) is 0 Å². The molecule has 1 aromatic carbocycles. The van der Waals surface area contributed by atoms with Gasteiger partial charge in [0.2, 0.25) is 0 Å². The zero-order valence-corrected chi connectivity index (χ0v) is 12.7. The van der Waals surface area contributed by atoms with E-state index in [-0.39, 0.29) is 12.5 Å². The Morgan fingerprint density at radius 2 is 2.13 bits per heavy atom. The minimum atomic E-state index is -0.980. The first-order valence-corrected chi connectivity index (χ1v) is 7.48. The Bertz CT molecular complexity index is 711. The first kappa shape index (κ1) is 15.3. The van der Waals surface area contributed by atoms with E-state index in [1.165, 1.54) is 11.2 Å². The number of aliphatic hydroxyl groups is 1. The van der Waals surface area contributed by atoms with E-state index in [2.05, 4.69) is 5.32 Å². The van der Waals surface area contributed by atoms with Crippen molar-refractivity contribution in [1.29, 1.82) is 0 Å². The summed E-state index contributed by atoms with van der Waals surface area (Å²) in [7, 11) is 0. The SMILES string of the molecule is CC1CN(C(=O)C(=O)NCC(O)c2ccco2)c2ccccc21. The number of nitrogens with zero attached hydrogens (tertiary/aromatic N) is 1. The lowest BCUT2D eigenvalue weighted by molar-refractivity contribution is -0.137. The van der Waals surface area contributed by atoms with Gasteiger partial charge < -0.3 is 19.7 Å². The molecule has 1 aliphatic heterocycles. The number of carbonyl (C=O) groups excluding carboxylic acids is 2. The molecule has 120 valence electrons. The molecule has 2 unspecified atom stereocenters. The molecule has 0 radical (unpaired) electrons. The summed E-state index contributed by atoms with van der Waals surface area (Å²) in [6, 6.07) is 10.8. The third kappa shape index (κ3) is 2.98. The molecule has 2 aromatic rings. The minimum absolute atomic E-state index is 0.0802. The van der Waals surface area contributed by atoms with Crippen molar-refractivity contribution in [3.63, 3.8) is 0 Å². The molecule has 2 N–H and O–H groups in total. The molecule has 1 aromatic heterocycles. The molecule has 0 aliphatic carbocycles. The monoisotopic (exact) mass is 314 g/mol. The Hall–Kier alpha value is -2.60. The van der Waals surface area contributed by atoms with E-state index in [1.54, 1.807) is 12.1 Å². The fourth-order valence-electron chi connectivity index (χ4n) is 2.78. The summed E-state index contributed by atoms with van der Waals surface area (Å²) in [6.07, 6.45) is 0.459. The molecule has 0 spiro atoms. The van der Waals surface area contributed by atoms with Gasteiger partial charge in [-0.15, -0.1) is 0 Å². The summed E-state index contributed by atoms with van der Waals surface area (Å²) in [5, 5.41) is 12.3. The van der Waals surface area contributed by atoms with Gasteiger partial charge >= 0.3 is 11.8 Å². The molecule has 23 heavy (non-hydrogen) atoms. The van der Waals surface area contributed by atoms with Crippen molar-refractivity contribution >= 4 is 17.5 Å². The zero-order valence-electron chi connectivity index (χ0n) is 12.7. The lowest BCUT2D eigenvalue weighted by Crippen LogP contribution is -2.43. The van der Waals surface area contributed by atoms with Gasteiger partial charge in [-0.2, -0.15) is 0 Å². The molecule has 0 saturated carbocycles. The largest absolute Gasteiger partial charge is 0.467 e. The first-order valence-electron chi connectivity index (χ1n) is 7.48. The van der Waals surface area contributed by atoms with E-state index in [4.69, 9.17) is 4.42 Å². The highest BCUT2D eigenvalue weighted by Gasteiger charge is 2.32. The third-order valence-corrected chi connectivity index (χ3v) is 3.98. The van der Waals surface area contributed by atoms with Crippen LogP contribution in [0.15, 0.2) is 47.1 Å². The maximum absolute atomic E-state index is 12.4. The molecule has 0 fully saturated rings. The number of nitrogens with one attached hydrogen (secondary N) is 1. The van der Waals surface area contributed by atoms with Gasteiger partial charge in [0.25, 0.3) is 0 Å². The predicted octanol–water partition coefficient (Wildman–Crippen LogP) is 1.58. The number of aliphatic hydroxyl groups excluding tert-OH is 1. The van der Waals surface area contributed by atoms with Gasteiger partial charge in [0, 0.05) is 18.2 Å². The summed E-state index contributed by atoms with van der Waals surface area (Å²) in [6.45, 7) is 2.42. The second-order valence-corrected chi connectivity index (χ2v) is 5.62. The number of fused-ring (bicyclic) bond motifs is 1. The maximum atomic E-state index is 12.4. The van der Waals surface area contributed by atoms with Gasteiger partial charge in [-0.05, 0) is 23.8 Å². The number of hydrogen-bond acceptors (Lipinski definition) is 4. The smallest absolute Gasteiger partial charge is 0.316 e. The van der Waals surface area contributed by atoms with Crippen LogP contribution in [0.4, 0.5) is 5.69 Å². The summed E-state index contributed by atoms with van der Waals surface area (Å²) < 4.78 is 5.05. The Morgan fingerprint density at radius 3 is 2.87 bits per heavy atom. The molecular weight excluding hydrogens is 296 g/mol. The third-order valence-electron chi connectivity index (χ3n) is 3.98. The maximum Gasteiger partial charge on any atom is 0.316 e. The van der Waals surface area contributed by atoms with Gasteiger partial charge in [0.15, 0.2) is 0 Å². The second kappa shape index (κ2) is 6.26. The van der Waals surface area contributed by atoms with Crippen molar-refractivity contribution in [2.45, 2.75) is 18.9 Å². The predicted molar refractivity (Wildman–Crippen MR) is 83.9 cm³/mol. The van der Waals surface area contributed by atoms with Gasteiger partial charge in [0.1, 0.15) is 11.9 Å². The highest BCUT2D eigenvalue weighted by Crippen LogP contribution is 2.35. The van der Waals surface area contributed by atoms with Crippen LogP contribution in [0.25, 0.3) is 0 Å². The van der Waals surface area contributed by atoms with Gasteiger partial charge in [-0.3, -0.25) is 9.59 Å². The van der Waals surface area contributed by atoms with Crippen molar-refractivity contribution in [2.24, 2.45) is 0 Å². The lowest BCUT2D eigenvalue weighted by atomic mass is 10.0. The molecule has 2 atom stereocenters. The molecule has 0 bridgehead atoms. The van der Waals surface area contributed by atoms with E-state index in [1.807, 2.05) is 31.2 Å². The quantitative estimate of drug-likeness (QED) is 0.843. The van der Waals surface area contributed by atoms with Gasteiger partial charge in [-0.25, -0.2) is 0 Å². The highest BCUT2D eigenvalue weighted by atomic mass is 16.4. The number of rotatable bonds is 3. The molecule has 2 heterocycles. The van der Waals surface area contributed by atoms with Crippen LogP contribution in [-0.4, -0.2) is 30.0 Å². The number of carbonyl (C=O) groups is 2. The lowest BCUT2D eigenvalue weighted by Gasteiger charge is -2.17. The number of hydrogen-bond donors (Lipinski definition) is 2. The molecule has 6 nitrogen and oxygen atoms in total. The minimum Gasteiger partial charge on any atom is -0.467 e. The summed E-state index contributed by atoms with van der Waals surface area (Å²) >= 11 is 0. The number of para-hydroxylation sites is 1. The number of furan rings is 1. The number of amides is 2. The Morgan fingerprint density at radius 1 is 1.35 bits per heavy atom. The molecule has 1 aliphatic rings. The molecule has 3 rings (SSSR count). The van der Waals surface area contributed by atoms with Gasteiger partial charge in [-0.1, -0.05) is 25.1 Å². The molecule has 2 amide bonds. The van der Waals surface area contributed by atoms with Crippen molar-refractivity contribution in [3.05, 3.63) is 54.0 Å². The van der Waals surface area contributed by atoms with Crippen molar-refractivity contribution in [3.8, 4) is 0 Å². The highest BCUT2D eigenvalue weighted by molar-refractivity contribution is 6.40. The standard InChI is InChI=1S/C17H18N2O4/c1-11-10-19(13-6-3-2-5-12(11)13)17(22)16(21)18-9-14(20)15-7-4-8-23-15/h2-8,11,14,20H,9-10H2,1H3,(H,18,21). The van der Waals surface area contributed by atoms with E-state index < -0.39 is 17.9 Å². The Labute approximate surface area is 133 Å². The van der Waals surface area contributed by atoms with Crippen LogP contribution >= 0.6 is 0 Å². The van der Waals surface area contributed by atoms with E-state index >= 15 is 0 Å². The van der Waals surface area contributed by atoms with Crippen LogP contribution in [0.5, 0.6) is 0 Å². The fourth-order valence-corrected chi connectivity index (χ4v) is 2.78. The van der Waals surface area contributed by atoms with E-state index in [9.17, 15) is 14.7 Å². The number of anilines is 1. The van der Waals surface area contributed by atoms with Crippen molar-refractivity contribution in [1.82, 2.24) is 5.32 Å². The summed E-state index contributed by atoms with van der Waals surface area (Å²) in [4.78, 5) is 25.9. The van der Waals surface area contributed by atoms with Crippen LogP contribution in [-0.2, 0) is 9.59 Å². The van der Waals surface area contributed by atoms with Crippen LogP contribution in [0.3, 0.4) is 0 Å². The molecule has 0 saturated heterocycles. The average Bonchev–Trinajstić information content (AvgIpc) is 3.20. The van der Waals surface area contributed by atoms with Crippen LogP contribution in [0.1, 0.15) is 30.3 Å². The Balaban J connectivity index is 1.63. The van der Waals surface area contributed by atoms with Crippen molar-refractivity contribution in [2.75, 3.05) is 18.0 Å². The van der Waals surface area contributed by atoms with Crippen molar-refractivity contribution < 1.29 is 19.1 Å². The normalized spacial score (nSPS) is 17.7. The zero-order chi connectivity index (χ0) is 16.4. The first-order chi connectivity index (χ1) is 11.1. The van der Waals surface area contributed by atoms with E-state index in [0.717, 1.165) is 11.3 Å². The van der Waals surface area contributed by atoms with Crippen LogP contribution < -0.4 is 10.2 Å². The fraction of sp³-hybridized carbons (Fsp3) is 0.294. The molecular formula is C17H18N2O4. The number of benzene rings is 1. The van der Waals surface area contributed by atoms with Crippen LogP contribution in [0, 0.1) is 0 Å². The summed E-state index contributed by atoms with van der Waals surface area (Å²) in [5.74, 6) is -0.817. The Kier molecular flexibility index (Phi) is 4.16.